The zero-order valence-electron chi connectivity index (χ0n) is 12.0. The lowest BCUT2D eigenvalue weighted by molar-refractivity contribution is -0.224. The van der Waals surface area contributed by atoms with Crippen molar-refractivity contribution in [2.24, 2.45) is 0 Å². The normalized spacial score (nSPS) is 13.2. The van der Waals surface area contributed by atoms with Crippen molar-refractivity contribution in [3.05, 3.63) is 29.8 Å². The summed E-state index contributed by atoms with van der Waals surface area (Å²) in [7, 11) is 1.46. The Morgan fingerprint density at radius 1 is 1.05 bits per heavy atom. The second kappa shape index (κ2) is 8.89. The van der Waals surface area contributed by atoms with E-state index >= 15 is 0 Å². The maximum absolute atomic E-state index is 13.0. The summed E-state index contributed by atoms with van der Waals surface area (Å²) in [6.07, 6.45) is -3.61. The number of aliphatic hydroxyl groups excluding tert-OH is 1. The minimum Gasteiger partial charge on any atom is -0.497 e. The van der Waals surface area contributed by atoms with E-state index in [4.69, 9.17) is 14.6 Å². The second-order valence-corrected chi connectivity index (χ2v) is 4.70. The number of hydrogen-bond donors (Lipinski definition) is 1. The van der Waals surface area contributed by atoms with Gasteiger partial charge in [-0.2, -0.15) is 13.2 Å². The molecule has 0 aromatic heterocycles. The number of aliphatic hydroxyl groups is 1. The zero-order chi connectivity index (χ0) is 15.7. The topological polar surface area (TPSA) is 38.7 Å². The molecule has 1 rings (SSSR count). The smallest absolute Gasteiger partial charge is 0.418 e. The van der Waals surface area contributed by atoms with Gasteiger partial charge in [0.05, 0.1) is 7.11 Å². The second-order valence-electron chi connectivity index (χ2n) is 4.70. The van der Waals surface area contributed by atoms with Gasteiger partial charge in [-0.15, -0.1) is 0 Å². The fourth-order valence-electron chi connectivity index (χ4n) is 1.93. The van der Waals surface area contributed by atoms with Crippen molar-refractivity contribution in [3.63, 3.8) is 0 Å². The average Bonchev–Trinajstić information content (AvgIpc) is 2.45. The molecular formula is C15H21F3O3. The number of ether oxygens (including phenoxy) is 2. The van der Waals surface area contributed by atoms with Gasteiger partial charge in [-0.25, -0.2) is 0 Å². The van der Waals surface area contributed by atoms with Crippen LogP contribution < -0.4 is 4.74 Å². The van der Waals surface area contributed by atoms with Gasteiger partial charge in [0.25, 0.3) is 0 Å². The van der Waals surface area contributed by atoms with Gasteiger partial charge >= 0.3 is 6.18 Å². The highest BCUT2D eigenvalue weighted by Gasteiger charge is 2.41. The molecule has 0 radical (unpaired) electrons. The van der Waals surface area contributed by atoms with Crippen molar-refractivity contribution in [2.75, 3.05) is 20.3 Å². The standard InChI is InChI=1S/C15H21F3O3/c1-20-13-8-6-12(7-9-13)14(15(16,17)18)21-11-5-3-2-4-10-19/h6-9,14,19H,2-5,10-11H2,1H3/t14-/m1/s1. The van der Waals surface area contributed by atoms with Crippen molar-refractivity contribution in [3.8, 4) is 5.75 Å². The van der Waals surface area contributed by atoms with E-state index in [2.05, 4.69) is 0 Å². The largest absolute Gasteiger partial charge is 0.497 e. The van der Waals surface area contributed by atoms with E-state index < -0.39 is 12.3 Å². The molecule has 0 bridgehead atoms. The molecule has 0 spiro atoms. The number of alkyl halides is 3. The molecule has 1 aromatic rings. The first kappa shape index (κ1) is 17.8. The van der Waals surface area contributed by atoms with Crippen molar-refractivity contribution in [2.45, 2.75) is 38.0 Å². The van der Waals surface area contributed by atoms with Crippen LogP contribution in [-0.4, -0.2) is 31.6 Å². The molecule has 1 aromatic carbocycles. The molecule has 0 aliphatic rings. The quantitative estimate of drug-likeness (QED) is 0.704. The Morgan fingerprint density at radius 3 is 2.19 bits per heavy atom. The van der Waals surface area contributed by atoms with E-state index in [1.54, 1.807) is 0 Å². The zero-order valence-corrected chi connectivity index (χ0v) is 12.0. The summed E-state index contributed by atoms with van der Waals surface area (Å²) < 4.78 is 49.0. The van der Waals surface area contributed by atoms with Crippen molar-refractivity contribution in [1.29, 1.82) is 0 Å². The third kappa shape index (κ3) is 6.35. The van der Waals surface area contributed by atoms with Gasteiger partial charge in [0.15, 0.2) is 6.10 Å². The lowest BCUT2D eigenvalue weighted by atomic mass is 10.1. The number of halogens is 3. The monoisotopic (exact) mass is 306 g/mol. The molecule has 0 amide bonds. The molecule has 0 aliphatic carbocycles. The number of rotatable bonds is 9. The molecule has 120 valence electrons. The SMILES string of the molecule is COc1ccc([C@@H](OCCCCCCO)C(F)(F)F)cc1. The predicted octanol–water partition coefficient (Wildman–Crippen LogP) is 3.87. The highest BCUT2D eigenvalue weighted by atomic mass is 19.4. The van der Waals surface area contributed by atoms with Crippen LogP contribution in [0, 0.1) is 0 Å². The molecule has 1 N–H and O–H groups in total. The van der Waals surface area contributed by atoms with Gasteiger partial charge < -0.3 is 14.6 Å². The van der Waals surface area contributed by atoms with Gasteiger partial charge in [0.2, 0.25) is 0 Å². The Bertz CT molecular complexity index is 390. The lowest BCUT2D eigenvalue weighted by Gasteiger charge is -2.21. The van der Waals surface area contributed by atoms with Crippen LogP contribution in [0.25, 0.3) is 0 Å². The molecule has 0 heterocycles. The van der Waals surface area contributed by atoms with Crippen molar-refractivity contribution < 1.29 is 27.8 Å². The molecule has 21 heavy (non-hydrogen) atoms. The van der Waals surface area contributed by atoms with Crippen LogP contribution in [0.5, 0.6) is 5.75 Å². The fraction of sp³-hybridized carbons (Fsp3) is 0.600. The molecule has 0 saturated carbocycles. The lowest BCUT2D eigenvalue weighted by Crippen LogP contribution is -2.24. The van der Waals surface area contributed by atoms with E-state index in [-0.39, 0.29) is 18.8 Å². The van der Waals surface area contributed by atoms with E-state index in [0.29, 0.717) is 18.6 Å². The summed E-state index contributed by atoms with van der Waals surface area (Å²) in [5.74, 6) is 0.503. The Hall–Kier alpha value is -1.27. The number of hydrogen-bond acceptors (Lipinski definition) is 3. The van der Waals surface area contributed by atoms with Gasteiger partial charge in [-0.05, 0) is 30.5 Å². The summed E-state index contributed by atoms with van der Waals surface area (Å²) in [5.41, 5.74) is 0.0682. The summed E-state index contributed by atoms with van der Waals surface area (Å²) in [6.45, 7) is 0.152. The molecule has 3 nitrogen and oxygen atoms in total. The van der Waals surface area contributed by atoms with Crippen LogP contribution in [-0.2, 0) is 4.74 Å². The summed E-state index contributed by atoms with van der Waals surface area (Å²) >= 11 is 0. The van der Waals surface area contributed by atoms with Crippen molar-refractivity contribution >= 4 is 0 Å². The predicted molar refractivity (Wildman–Crippen MR) is 73.3 cm³/mol. The highest BCUT2D eigenvalue weighted by Crippen LogP contribution is 2.36. The Labute approximate surface area is 122 Å². The third-order valence-corrected chi connectivity index (χ3v) is 3.05. The summed E-state index contributed by atoms with van der Waals surface area (Å²) in [6, 6.07) is 5.70. The first-order valence-electron chi connectivity index (χ1n) is 6.92. The first-order valence-corrected chi connectivity index (χ1v) is 6.92. The van der Waals surface area contributed by atoms with Crippen molar-refractivity contribution in [1.82, 2.24) is 0 Å². The van der Waals surface area contributed by atoms with Crippen LogP contribution in [0.4, 0.5) is 13.2 Å². The van der Waals surface area contributed by atoms with Crippen LogP contribution in [0.15, 0.2) is 24.3 Å². The van der Waals surface area contributed by atoms with Crippen LogP contribution >= 0.6 is 0 Å². The number of methoxy groups -OCH3 is 1. The molecule has 0 saturated heterocycles. The van der Waals surface area contributed by atoms with E-state index in [9.17, 15) is 13.2 Å². The van der Waals surface area contributed by atoms with E-state index in [1.165, 1.54) is 31.4 Å². The Morgan fingerprint density at radius 2 is 1.67 bits per heavy atom. The summed E-state index contributed by atoms with van der Waals surface area (Å²) in [5, 5.41) is 8.62. The molecule has 0 aliphatic heterocycles. The first-order chi connectivity index (χ1) is 9.99. The molecule has 6 heteroatoms. The van der Waals surface area contributed by atoms with E-state index in [1.807, 2.05) is 0 Å². The van der Waals surface area contributed by atoms with Crippen LogP contribution in [0.3, 0.4) is 0 Å². The van der Waals surface area contributed by atoms with Gasteiger partial charge in [0, 0.05) is 13.2 Å². The minimum absolute atomic E-state index is 0.0433. The fourth-order valence-corrected chi connectivity index (χ4v) is 1.93. The van der Waals surface area contributed by atoms with Gasteiger partial charge in [0.1, 0.15) is 5.75 Å². The Balaban J connectivity index is 2.55. The number of benzene rings is 1. The minimum atomic E-state index is -4.44. The van der Waals surface area contributed by atoms with Gasteiger partial charge in [-0.1, -0.05) is 25.0 Å². The van der Waals surface area contributed by atoms with Crippen LogP contribution in [0.1, 0.15) is 37.4 Å². The van der Waals surface area contributed by atoms with E-state index in [0.717, 1.165) is 12.8 Å². The Kier molecular flexibility index (Phi) is 7.53. The molecule has 0 fully saturated rings. The number of unbranched alkanes of at least 4 members (excludes halogenated alkanes) is 3. The molecule has 0 unspecified atom stereocenters. The molecule has 1 atom stereocenters. The average molecular weight is 306 g/mol. The maximum Gasteiger partial charge on any atom is 0.418 e. The maximum atomic E-state index is 13.0. The van der Waals surface area contributed by atoms with Gasteiger partial charge in [-0.3, -0.25) is 0 Å². The highest BCUT2D eigenvalue weighted by molar-refractivity contribution is 5.29. The molecular weight excluding hydrogens is 285 g/mol. The third-order valence-electron chi connectivity index (χ3n) is 3.05. The van der Waals surface area contributed by atoms with Crippen LogP contribution in [0.2, 0.25) is 0 Å². The summed E-state index contributed by atoms with van der Waals surface area (Å²) in [4.78, 5) is 0.